The summed E-state index contributed by atoms with van der Waals surface area (Å²) in [5.41, 5.74) is -0.117. The highest BCUT2D eigenvalue weighted by molar-refractivity contribution is 5.64. The van der Waals surface area contributed by atoms with Gasteiger partial charge in [0.25, 0.3) is 0 Å². The minimum absolute atomic E-state index is 0.117. The van der Waals surface area contributed by atoms with Gasteiger partial charge in [-0.15, -0.1) is 0 Å². The van der Waals surface area contributed by atoms with Crippen molar-refractivity contribution in [1.29, 1.82) is 5.26 Å². The fraction of sp³-hybridized carbons (Fsp3) is 0.600. The van der Waals surface area contributed by atoms with Gasteiger partial charge in [-0.1, -0.05) is 18.9 Å². The number of carbonyl (C=O) groups is 1. The van der Waals surface area contributed by atoms with E-state index >= 15 is 0 Å². The van der Waals surface area contributed by atoms with Crippen LogP contribution in [0.2, 0.25) is 0 Å². The Labute approximate surface area is 83.2 Å². The van der Waals surface area contributed by atoms with Crippen LogP contribution in [-0.4, -0.2) is 17.7 Å². The molecule has 0 atom stereocenters. The van der Waals surface area contributed by atoms with Crippen LogP contribution in [0.25, 0.3) is 0 Å². The van der Waals surface area contributed by atoms with Crippen LogP contribution in [0.4, 0.5) is 4.79 Å². The van der Waals surface area contributed by atoms with Gasteiger partial charge in [0.15, 0.2) is 0 Å². The van der Waals surface area contributed by atoms with Crippen LogP contribution in [0.5, 0.6) is 0 Å². The molecule has 0 aromatic rings. The Morgan fingerprint density at radius 2 is 2.21 bits per heavy atom. The molecule has 0 saturated heterocycles. The molecular formula is C10H14N2O2. The van der Waals surface area contributed by atoms with Crippen molar-refractivity contribution in [3.05, 3.63) is 12.2 Å². The van der Waals surface area contributed by atoms with Crippen LogP contribution in [0, 0.1) is 16.7 Å². The Hall–Kier alpha value is -1.50. The molecule has 4 nitrogen and oxygen atoms in total. The Morgan fingerprint density at radius 1 is 1.57 bits per heavy atom. The lowest BCUT2D eigenvalue weighted by Crippen LogP contribution is -2.33. The molecule has 1 fully saturated rings. The summed E-state index contributed by atoms with van der Waals surface area (Å²) in [5, 5.41) is 19.4. The maximum absolute atomic E-state index is 10.4. The lowest BCUT2D eigenvalue weighted by atomic mass is 9.86. The number of hydrogen-bond donors (Lipinski definition) is 2. The first-order valence-electron chi connectivity index (χ1n) is 4.73. The molecule has 0 heterocycles. The third-order valence-corrected chi connectivity index (χ3v) is 2.70. The maximum atomic E-state index is 10.4. The first-order chi connectivity index (χ1) is 6.68. The molecule has 0 radical (unpaired) electrons. The van der Waals surface area contributed by atoms with E-state index in [0.29, 0.717) is 6.54 Å². The molecule has 1 saturated carbocycles. The molecule has 1 aliphatic rings. The van der Waals surface area contributed by atoms with Crippen molar-refractivity contribution in [1.82, 2.24) is 5.32 Å². The van der Waals surface area contributed by atoms with Gasteiger partial charge in [0.1, 0.15) is 0 Å². The van der Waals surface area contributed by atoms with Crippen LogP contribution in [-0.2, 0) is 0 Å². The standard InChI is InChI=1S/C10H14N2O2/c11-7-3-6-10(4-1-2-5-10)8-12-9(13)14/h3,6,12H,1-2,4-5,8H2,(H,13,14). The van der Waals surface area contributed by atoms with E-state index in [9.17, 15) is 4.79 Å². The van der Waals surface area contributed by atoms with Crippen molar-refractivity contribution in [2.45, 2.75) is 25.7 Å². The van der Waals surface area contributed by atoms with Crippen molar-refractivity contribution in [3.8, 4) is 6.07 Å². The SMILES string of the molecule is N#CC=CC1(CNC(=O)O)CCCC1. The topological polar surface area (TPSA) is 73.1 Å². The Kier molecular flexibility index (Phi) is 3.52. The summed E-state index contributed by atoms with van der Waals surface area (Å²) in [6.45, 7) is 0.417. The number of allylic oxidation sites excluding steroid dienone is 1. The van der Waals surface area contributed by atoms with E-state index in [4.69, 9.17) is 10.4 Å². The zero-order valence-electron chi connectivity index (χ0n) is 7.99. The number of nitrogens with one attached hydrogen (secondary N) is 1. The summed E-state index contributed by atoms with van der Waals surface area (Å²) in [6, 6.07) is 1.95. The maximum Gasteiger partial charge on any atom is 0.404 e. The zero-order chi connectivity index (χ0) is 10.4. The number of rotatable bonds is 3. The Morgan fingerprint density at radius 3 is 2.71 bits per heavy atom. The molecule has 0 aromatic heterocycles. The average Bonchev–Trinajstić information content (AvgIpc) is 2.61. The second kappa shape index (κ2) is 4.66. The van der Waals surface area contributed by atoms with E-state index in [2.05, 4.69) is 5.32 Å². The van der Waals surface area contributed by atoms with Crippen molar-refractivity contribution in [2.75, 3.05) is 6.54 Å². The number of nitriles is 1. The Bertz CT molecular complexity index is 272. The predicted molar refractivity (Wildman–Crippen MR) is 51.7 cm³/mol. The van der Waals surface area contributed by atoms with E-state index in [1.807, 2.05) is 12.1 Å². The monoisotopic (exact) mass is 194 g/mol. The van der Waals surface area contributed by atoms with Gasteiger partial charge in [-0.05, 0) is 12.8 Å². The fourth-order valence-electron chi connectivity index (χ4n) is 1.95. The van der Waals surface area contributed by atoms with Gasteiger partial charge < -0.3 is 10.4 Å². The molecule has 14 heavy (non-hydrogen) atoms. The highest BCUT2D eigenvalue weighted by atomic mass is 16.4. The number of carboxylic acid groups (broad SMARTS) is 1. The first kappa shape index (κ1) is 10.6. The molecular weight excluding hydrogens is 180 g/mol. The van der Waals surface area contributed by atoms with Gasteiger partial charge >= 0.3 is 6.09 Å². The molecule has 1 rings (SSSR count). The van der Waals surface area contributed by atoms with Gasteiger partial charge in [-0.25, -0.2) is 4.79 Å². The lowest BCUT2D eigenvalue weighted by Gasteiger charge is -2.24. The first-order valence-corrected chi connectivity index (χ1v) is 4.73. The molecule has 0 bridgehead atoms. The van der Waals surface area contributed by atoms with Gasteiger partial charge in [-0.3, -0.25) is 0 Å². The number of amides is 1. The molecule has 2 N–H and O–H groups in total. The third kappa shape index (κ3) is 2.77. The largest absolute Gasteiger partial charge is 0.465 e. The van der Waals surface area contributed by atoms with Crippen LogP contribution in [0.3, 0.4) is 0 Å². The fourth-order valence-corrected chi connectivity index (χ4v) is 1.95. The molecule has 4 heteroatoms. The quantitative estimate of drug-likeness (QED) is 0.674. The smallest absolute Gasteiger partial charge is 0.404 e. The van der Waals surface area contributed by atoms with Crippen LogP contribution >= 0.6 is 0 Å². The van der Waals surface area contributed by atoms with Crippen LogP contribution < -0.4 is 5.32 Å². The van der Waals surface area contributed by atoms with E-state index in [1.165, 1.54) is 6.08 Å². The lowest BCUT2D eigenvalue weighted by molar-refractivity contribution is 0.189. The molecule has 0 aliphatic heterocycles. The summed E-state index contributed by atoms with van der Waals surface area (Å²) < 4.78 is 0. The van der Waals surface area contributed by atoms with Crippen molar-refractivity contribution in [3.63, 3.8) is 0 Å². The van der Waals surface area contributed by atoms with Crippen LogP contribution in [0.15, 0.2) is 12.2 Å². The minimum atomic E-state index is -0.998. The van der Waals surface area contributed by atoms with Crippen LogP contribution in [0.1, 0.15) is 25.7 Å². The van der Waals surface area contributed by atoms with Gasteiger partial charge in [0, 0.05) is 18.0 Å². The van der Waals surface area contributed by atoms with Crippen molar-refractivity contribution >= 4 is 6.09 Å². The van der Waals surface area contributed by atoms with Gasteiger partial charge in [-0.2, -0.15) is 5.26 Å². The van der Waals surface area contributed by atoms with Crippen molar-refractivity contribution < 1.29 is 9.90 Å². The Balaban J connectivity index is 2.58. The predicted octanol–water partition coefficient (Wildman–Crippen LogP) is 1.89. The third-order valence-electron chi connectivity index (χ3n) is 2.70. The number of hydrogen-bond acceptors (Lipinski definition) is 2. The summed E-state index contributed by atoms with van der Waals surface area (Å²) >= 11 is 0. The molecule has 0 spiro atoms. The zero-order valence-corrected chi connectivity index (χ0v) is 7.99. The summed E-state index contributed by atoms with van der Waals surface area (Å²) in [4.78, 5) is 10.4. The normalized spacial score (nSPS) is 19.4. The minimum Gasteiger partial charge on any atom is -0.465 e. The second-order valence-electron chi connectivity index (χ2n) is 3.69. The molecule has 0 aromatic carbocycles. The second-order valence-corrected chi connectivity index (χ2v) is 3.69. The molecule has 1 aliphatic carbocycles. The van der Waals surface area contributed by atoms with Gasteiger partial charge in [0.05, 0.1) is 6.07 Å². The van der Waals surface area contributed by atoms with E-state index in [-0.39, 0.29) is 5.41 Å². The molecule has 1 amide bonds. The summed E-state index contributed by atoms with van der Waals surface area (Å²) in [5.74, 6) is 0. The molecule has 0 unspecified atom stereocenters. The highest BCUT2D eigenvalue weighted by Crippen LogP contribution is 2.38. The summed E-state index contributed by atoms with van der Waals surface area (Å²) in [7, 11) is 0. The van der Waals surface area contributed by atoms with E-state index < -0.39 is 6.09 Å². The average molecular weight is 194 g/mol. The highest BCUT2D eigenvalue weighted by Gasteiger charge is 2.31. The van der Waals surface area contributed by atoms with Gasteiger partial charge in [0.2, 0.25) is 0 Å². The number of nitrogens with zero attached hydrogens (tertiary/aromatic N) is 1. The molecule has 76 valence electrons. The van der Waals surface area contributed by atoms with Crippen molar-refractivity contribution in [2.24, 2.45) is 5.41 Å². The summed E-state index contributed by atoms with van der Waals surface area (Å²) in [6.07, 6.45) is 6.44. The van der Waals surface area contributed by atoms with E-state index in [0.717, 1.165) is 25.7 Å². The van der Waals surface area contributed by atoms with E-state index in [1.54, 1.807) is 0 Å².